The number of imidazole rings is 1. The molecule has 0 aliphatic heterocycles. The fourth-order valence-electron chi connectivity index (χ4n) is 3.16. The Morgan fingerprint density at radius 3 is 2.58 bits per heavy atom. The molecule has 31 heavy (non-hydrogen) atoms. The van der Waals surface area contributed by atoms with Crippen molar-refractivity contribution in [3.63, 3.8) is 0 Å². The van der Waals surface area contributed by atoms with Crippen molar-refractivity contribution >= 4 is 17.4 Å². The molecule has 8 heteroatoms. The van der Waals surface area contributed by atoms with E-state index in [0.29, 0.717) is 41.5 Å². The van der Waals surface area contributed by atoms with Crippen LogP contribution < -0.4 is 20.5 Å². The van der Waals surface area contributed by atoms with Crippen LogP contribution in [-0.2, 0) is 4.79 Å². The number of methoxy groups -OCH3 is 1. The normalized spacial score (nSPS) is 10.5. The number of ether oxygens (including phenoxy) is 2. The maximum atomic E-state index is 12.4. The largest absolute Gasteiger partial charge is 0.493 e. The molecule has 162 valence electrons. The summed E-state index contributed by atoms with van der Waals surface area (Å²) in [6.45, 7) is 3.60. The molecule has 1 amide bonds. The van der Waals surface area contributed by atoms with E-state index >= 15 is 0 Å². The van der Waals surface area contributed by atoms with Crippen molar-refractivity contribution in [2.24, 2.45) is 0 Å². The third kappa shape index (κ3) is 5.22. The molecule has 3 aromatic rings. The summed E-state index contributed by atoms with van der Waals surface area (Å²) < 4.78 is 12.5. The molecule has 0 spiro atoms. The van der Waals surface area contributed by atoms with Gasteiger partial charge in [0.15, 0.2) is 17.3 Å². The van der Waals surface area contributed by atoms with Gasteiger partial charge in [0, 0.05) is 23.9 Å². The molecule has 0 aliphatic carbocycles. The Hall–Kier alpha value is -3.81. The summed E-state index contributed by atoms with van der Waals surface area (Å²) in [5.74, 6) is 0.744. The van der Waals surface area contributed by atoms with Crippen molar-refractivity contribution in [3.8, 4) is 17.2 Å². The molecule has 2 N–H and O–H groups in total. The van der Waals surface area contributed by atoms with Crippen LogP contribution in [0.4, 0.5) is 5.69 Å². The molecule has 0 radical (unpaired) electrons. The van der Waals surface area contributed by atoms with Gasteiger partial charge in [0.1, 0.15) is 0 Å². The quantitative estimate of drug-likeness (QED) is 0.405. The van der Waals surface area contributed by atoms with Crippen LogP contribution in [0.25, 0.3) is 5.69 Å². The molecule has 1 heterocycles. The first-order chi connectivity index (χ1) is 14.9. The second-order valence-corrected chi connectivity index (χ2v) is 7.01. The van der Waals surface area contributed by atoms with Gasteiger partial charge in [0.05, 0.1) is 25.1 Å². The molecule has 0 unspecified atom stereocenters. The van der Waals surface area contributed by atoms with Crippen molar-refractivity contribution in [2.75, 3.05) is 19.0 Å². The molecule has 8 nitrogen and oxygen atoms in total. The van der Waals surface area contributed by atoms with Gasteiger partial charge >= 0.3 is 5.69 Å². The zero-order valence-corrected chi connectivity index (χ0v) is 17.7. The van der Waals surface area contributed by atoms with Crippen molar-refractivity contribution in [1.29, 1.82) is 0 Å². The molecule has 0 aliphatic rings. The minimum atomic E-state index is -0.266. The first-order valence-corrected chi connectivity index (χ1v) is 9.88. The third-order valence-corrected chi connectivity index (χ3v) is 4.76. The van der Waals surface area contributed by atoms with Crippen LogP contribution in [0.2, 0.25) is 0 Å². The first kappa shape index (κ1) is 21.9. The predicted octanol–water partition coefficient (Wildman–Crippen LogP) is 3.48. The monoisotopic (exact) mass is 423 g/mol. The molecular weight excluding hydrogens is 398 g/mol. The van der Waals surface area contributed by atoms with E-state index in [-0.39, 0.29) is 23.8 Å². The van der Waals surface area contributed by atoms with Crippen LogP contribution in [0.3, 0.4) is 0 Å². The van der Waals surface area contributed by atoms with E-state index in [1.165, 1.54) is 18.6 Å². The molecule has 0 saturated heterocycles. The number of nitrogens with zero attached hydrogens (tertiary/aromatic N) is 1. The van der Waals surface area contributed by atoms with Gasteiger partial charge in [-0.15, -0.1) is 0 Å². The number of rotatable bonds is 9. The molecular formula is C23H25N3O5. The summed E-state index contributed by atoms with van der Waals surface area (Å²) in [5.41, 5.74) is 2.17. The van der Waals surface area contributed by atoms with Crippen LogP contribution in [0.15, 0.2) is 53.5 Å². The van der Waals surface area contributed by atoms with Crippen molar-refractivity contribution in [1.82, 2.24) is 9.55 Å². The molecule has 1 aromatic heterocycles. The standard InChI is InChI=1S/C23H25N3O5/c1-15-14-24-23(29)26(15)19-8-5-4-7-18(19)25-22(28)9-6-12-31-20-11-10-17(16(2)27)13-21(20)30-3/h4-5,7-8,10-11,13-14H,6,9,12H2,1-3H3,(H,24,29)(H,25,28). The number of carbonyl (C=O) groups is 2. The van der Waals surface area contributed by atoms with Gasteiger partial charge in [-0.2, -0.15) is 0 Å². The fourth-order valence-corrected chi connectivity index (χ4v) is 3.16. The Morgan fingerprint density at radius 2 is 1.90 bits per heavy atom. The third-order valence-electron chi connectivity index (χ3n) is 4.76. The zero-order valence-electron chi connectivity index (χ0n) is 17.7. The maximum absolute atomic E-state index is 12.4. The Kier molecular flexibility index (Phi) is 6.92. The predicted molar refractivity (Wildman–Crippen MR) is 117 cm³/mol. The van der Waals surface area contributed by atoms with Gasteiger partial charge in [-0.25, -0.2) is 4.79 Å². The Balaban J connectivity index is 1.58. The number of ketones is 1. The van der Waals surface area contributed by atoms with Crippen LogP contribution in [0.1, 0.15) is 35.8 Å². The number of hydrogen-bond donors (Lipinski definition) is 2. The Morgan fingerprint density at radius 1 is 1.13 bits per heavy atom. The summed E-state index contributed by atoms with van der Waals surface area (Å²) in [4.78, 5) is 38.6. The molecule has 2 aromatic carbocycles. The number of nitrogens with one attached hydrogen (secondary N) is 2. The lowest BCUT2D eigenvalue weighted by molar-refractivity contribution is -0.116. The number of aromatic nitrogens is 2. The van der Waals surface area contributed by atoms with E-state index in [9.17, 15) is 14.4 Å². The van der Waals surface area contributed by atoms with Crippen molar-refractivity contribution in [2.45, 2.75) is 26.7 Å². The molecule has 0 atom stereocenters. The summed E-state index contributed by atoms with van der Waals surface area (Å²) in [6, 6.07) is 12.1. The highest BCUT2D eigenvalue weighted by Crippen LogP contribution is 2.28. The summed E-state index contributed by atoms with van der Waals surface area (Å²) in [7, 11) is 1.51. The minimum Gasteiger partial charge on any atom is -0.493 e. The number of H-pyrrole nitrogens is 1. The molecule has 0 bridgehead atoms. The highest BCUT2D eigenvalue weighted by atomic mass is 16.5. The number of benzene rings is 2. The van der Waals surface area contributed by atoms with Crippen LogP contribution in [0.5, 0.6) is 11.5 Å². The highest BCUT2D eigenvalue weighted by Gasteiger charge is 2.12. The van der Waals surface area contributed by atoms with E-state index in [2.05, 4.69) is 10.3 Å². The SMILES string of the molecule is COc1cc(C(C)=O)ccc1OCCCC(=O)Nc1ccccc1-n1c(C)c[nH]c1=O. The van der Waals surface area contributed by atoms with Gasteiger partial charge in [0.2, 0.25) is 5.91 Å². The lowest BCUT2D eigenvalue weighted by Gasteiger charge is -2.13. The second-order valence-electron chi connectivity index (χ2n) is 7.01. The van der Waals surface area contributed by atoms with Gasteiger partial charge in [-0.05, 0) is 50.6 Å². The van der Waals surface area contributed by atoms with Gasteiger partial charge in [-0.3, -0.25) is 14.2 Å². The van der Waals surface area contributed by atoms with Crippen LogP contribution in [0, 0.1) is 6.92 Å². The van der Waals surface area contributed by atoms with E-state index in [1.54, 1.807) is 42.6 Å². The van der Waals surface area contributed by atoms with Crippen molar-refractivity contribution in [3.05, 3.63) is 70.4 Å². The van der Waals surface area contributed by atoms with Gasteiger partial charge < -0.3 is 19.8 Å². The molecule has 0 saturated carbocycles. The number of anilines is 1. The van der Waals surface area contributed by atoms with Gasteiger partial charge in [-0.1, -0.05) is 12.1 Å². The first-order valence-electron chi connectivity index (χ1n) is 9.88. The number of para-hydroxylation sites is 2. The van der Waals surface area contributed by atoms with Gasteiger partial charge in [0.25, 0.3) is 0 Å². The minimum absolute atomic E-state index is 0.0566. The van der Waals surface area contributed by atoms with E-state index in [0.717, 1.165) is 5.69 Å². The average molecular weight is 423 g/mol. The van der Waals surface area contributed by atoms with E-state index in [1.807, 2.05) is 13.0 Å². The van der Waals surface area contributed by atoms with E-state index < -0.39 is 0 Å². The van der Waals surface area contributed by atoms with E-state index in [4.69, 9.17) is 9.47 Å². The van der Waals surface area contributed by atoms with Crippen LogP contribution in [-0.4, -0.2) is 35.0 Å². The number of carbonyl (C=O) groups excluding carboxylic acids is 2. The van der Waals surface area contributed by atoms with Crippen molar-refractivity contribution < 1.29 is 19.1 Å². The van der Waals surface area contributed by atoms with Crippen LogP contribution >= 0.6 is 0 Å². The summed E-state index contributed by atoms with van der Waals surface area (Å²) >= 11 is 0. The number of aromatic amines is 1. The Labute approximate surface area is 179 Å². The zero-order chi connectivity index (χ0) is 22.4. The summed E-state index contributed by atoms with van der Waals surface area (Å²) in [6.07, 6.45) is 2.34. The average Bonchev–Trinajstić information content (AvgIpc) is 3.09. The number of amides is 1. The summed E-state index contributed by atoms with van der Waals surface area (Å²) in [5, 5.41) is 2.86. The highest BCUT2D eigenvalue weighted by molar-refractivity contribution is 5.94. The lowest BCUT2D eigenvalue weighted by atomic mass is 10.1. The number of hydrogen-bond acceptors (Lipinski definition) is 5. The topological polar surface area (TPSA) is 102 Å². The fraction of sp³-hybridized carbons (Fsp3) is 0.261. The Bertz CT molecular complexity index is 1150. The lowest BCUT2D eigenvalue weighted by Crippen LogP contribution is -2.19. The molecule has 3 rings (SSSR count). The molecule has 0 fully saturated rings. The number of Topliss-reactive ketones (excluding diaryl/α,β-unsaturated/α-hetero) is 1. The maximum Gasteiger partial charge on any atom is 0.330 e. The second kappa shape index (κ2) is 9.80. The number of aryl methyl sites for hydroxylation is 1. The smallest absolute Gasteiger partial charge is 0.330 e.